The Kier molecular flexibility index (Phi) is 5.66. The molecule has 1 aromatic heterocycles. The average molecular weight is 305 g/mol. The van der Waals surface area contributed by atoms with Gasteiger partial charge in [-0.1, -0.05) is 12.1 Å². The Morgan fingerprint density at radius 2 is 2.14 bits per heavy atom. The lowest BCUT2D eigenvalue weighted by Gasteiger charge is -2.16. The second-order valence-corrected chi connectivity index (χ2v) is 5.14. The molecule has 0 amide bonds. The Balaban J connectivity index is 1.91. The van der Waals surface area contributed by atoms with Crippen LogP contribution in [0.15, 0.2) is 36.7 Å². The largest absolute Gasteiger partial charge is 0.468 e. The number of nitrogens with one attached hydrogen (secondary N) is 1. The zero-order valence-corrected chi connectivity index (χ0v) is 12.8. The number of hydrogen-bond donors (Lipinski definition) is 1. The summed E-state index contributed by atoms with van der Waals surface area (Å²) in [6.07, 6.45) is 4.18. The molecular weight excluding hydrogens is 285 g/mol. The molecule has 22 heavy (non-hydrogen) atoms. The number of aromatic nitrogens is 2. The number of nitrogens with zero attached hydrogens (tertiary/aromatic N) is 2. The van der Waals surface area contributed by atoms with Crippen LogP contribution in [0.3, 0.4) is 0 Å². The number of methoxy groups -OCH3 is 1. The summed E-state index contributed by atoms with van der Waals surface area (Å²) in [5.41, 5.74) is 1.97. The smallest absolute Gasteiger partial charge is 0.323 e. The number of halogens is 1. The van der Waals surface area contributed by atoms with Gasteiger partial charge >= 0.3 is 5.97 Å². The van der Waals surface area contributed by atoms with Gasteiger partial charge < -0.3 is 10.1 Å². The third kappa shape index (κ3) is 4.66. The number of hydrogen-bond acceptors (Lipinski definition) is 4. The highest BCUT2D eigenvalue weighted by Crippen LogP contribution is 2.07. The maximum absolute atomic E-state index is 12.9. The summed E-state index contributed by atoms with van der Waals surface area (Å²) < 4.78 is 19.6. The van der Waals surface area contributed by atoms with Crippen LogP contribution in [0.4, 0.5) is 4.39 Å². The standard InChI is InChI=1S/C16H20FN3O2/c1-12-10-19-20(11-12)8-7-18-15(16(21)22-2)9-13-3-5-14(17)6-4-13/h3-6,10-11,15,18H,7-9H2,1-2H3/t15-/m1/s1. The second-order valence-electron chi connectivity index (χ2n) is 5.14. The molecule has 0 saturated heterocycles. The predicted molar refractivity (Wildman–Crippen MR) is 80.9 cm³/mol. The Bertz CT molecular complexity index is 610. The first kappa shape index (κ1) is 16.2. The van der Waals surface area contributed by atoms with Crippen molar-refractivity contribution in [3.8, 4) is 0 Å². The SMILES string of the molecule is COC(=O)[C@@H](Cc1ccc(F)cc1)NCCn1cc(C)cn1. The van der Waals surface area contributed by atoms with Crippen LogP contribution in [0.25, 0.3) is 0 Å². The highest BCUT2D eigenvalue weighted by atomic mass is 19.1. The van der Waals surface area contributed by atoms with Gasteiger partial charge in [-0.3, -0.25) is 9.48 Å². The molecule has 0 fully saturated rings. The number of carbonyl (C=O) groups excluding carboxylic acids is 1. The molecule has 5 nitrogen and oxygen atoms in total. The van der Waals surface area contributed by atoms with Gasteiger partial charge in [-0.15, -0.1) is 0 Å². The van der Waals surface area contributed by atoms with E-state index in [4.69, 9.17) is 4.74 Å². The minimum atomic E-state index is -0.466. The molecular formula is C16H20FN3O2. The van der Waals surface area contributed by atoms with E-state index in [0.29, 0.717) is 19.5 Å². The summed E-state index contributed by atoms with van der Waals surface area (Å²) in [7, 11) is 1.36. The number of ether oxygens (including phenoxy) is 1. The normalized spacial score (nSPS) is 12.1. The highest BCUT2D eigenvalue weighted by molar-refractivity contribution is 5.76. The van der Waals surface area contributed by atoms with E-state index in [-0.39, 0.29) is 11.8 Å². The first-order valence-corrected chi connectivity index (χ1v) is 7.13. The van der Waals surface area contributed by atoms with E-state index >= 15 is 0 Å². The molecule has 0 bridgehead atoms. The molecule has 1 aromatic carbocycles. The maximum Gasteiger partial charge on any atom is 0.323 e. The summed E-state index contributed by atoms with van der Waals surface area (Å²) in [5.74, 6) is -0.624. The van der Waals surface area contributed by atoms with Crippen LogP contribution in [-0.2, 0) is 22.5 Å². The van der Waals surface area contributed by atoms with Gasteiger partial charge in [-0.2, -0.15) is 5.10 Å². The van der Waals surface area contributed by atoms with E-state index in [1.165, 1.54) is 19.2 Å². The quantitative estimate of drug-likeness (QED) is 0.791. The van der Waals surface area contributed by atoms with Crippen molar-refractivity contribution < 1.29 is 13.9 Å². The Morgan fingerprint density at radius 1 is 1.41 bits per heavy atom. The van der Waals surface area contributed by atoms with Gasteiger partial charge in [0.15, 0.2) is 0 Å². The number of aryl methyl sites for hydroxylation is 1. The van der Waals surface area contributed by atoms with Gasteiger partial charge in [0, 0.05) is 12.7 Å². The Labute approximate surface area is 129 Å². The molecule has 2 aromatic rings. The first-order chi connectivity index (χ1) is 10.6. The van der Waals surface area contributed by atoms with Crippen LogP contribution in [-0.4, -0.2) is 35.4 Å². The van der Waals surface area contributed by atoms with Gasteiger partial charge in [0.05, 0.1) is 19.9 Å². The molecule has 118 valence electrons. The summed E-state index contributed by atoms with van der Waals surface area (Å²) in [4.78, 5) is 11.8. The summed E-state index contributed by atoms with van der Waals surface area (Å²) >= 11 is 0. The van der Waals surface area contributed by atoms with E-state index in [1.807, 2.05) is 17.8 Å². The number of esters is 1. The molecule has 0 aliphatic carbocycles. The van der Waals surface area contributed by atoms with Crippen molar-refractivity contribution in [1.82, 2.24) is 15.1 Å². The first-order valence-electron chi connectivity index (χ1n) is 7.13. The topological polar surface area (TPSA) is 56.1 Å². The zero-order chi connectivity index (χ0) is 15.9. The van der Waals surface area contributed by atoms with Gasteiger partial charge in [0.25, 0.3) is 0 Å². The highest BCUT2D eigenvalue weighted by Gasteiger charge is 2.18. The lowest BCUT2D eigenvalue weighted by atomic mass is 10.1. The average Bonchev–Trinajstić information content (AvgIpc) is 2.93. The van der Waals surface area contributed by atoms with Crippen molar-refractivity contribution in [3.63, 3.8) is 0 Å². The molecule has 0 spiro atoms. The van der Waals surface area contributed by atoms with Crippen molar-refractivity contribution >= 4 is 5.97 Å². The molecule has 0 saturated carbocycles. The predicted octanol–water partition coefficient (Wildman–Crippen LogP) is 1.70. The fourth-order valence-electron chi connectivity index (χ4n) is 2.18. The molecule has 1 heterocycles. The summed E-state index contributed by atoms with van der Waals surface area (Å²) in [5, 5.41) is 7.35. The second kappa shape index (κ2) is 7.70. The van der Waals surface area contributed by atoms with Crippen molar-refractivity contribution in [2.24, 2.45) is 0 Å². The van der Waals surface area contributed by atoms with Crippen molar-refractivity contribution in [2.45, 2.75) is 25.9 Å². The maximum atomic E-state index is 12.9. The lowest BCUT2D eigenvalue weighted by Crippen LogP contribution is -2.41. The van der Waals surface area contributed by atoms with Gasteiger partial charge in [-0.05, 0) is 36.6 Å². The van der Waals surface area contributed by atoms with E-state index < -0.39 is 6.04 Å². The van der Waals surface area contributed by atoms with Crippen molar-refractivity contribution in [1.29, 1.82) is 0 Å². The molecule has 0 aliphatic heterocycles. The summed E-state index contributed by atoms with van der Waals surface area (Å²) in [6.45, 7) is 3.22. The van der Waals surface area contributed by atoms with Gasteiger partial charge in [-0.25, -0.2) is 4.39 Å². The van der Waals surface area contributed by atoms with Crippen LogP contribution in [0.1, 0.15) is 11.1 Å². The van der Waals surface area contributed by atoms with E-state index in [1.54, 1.807) is 18.3 Å². The van der Waals surface area contributed by atoms with E-state index in [2.05, 4.69) is 10.4 Å². The third-order valence-electron chi connectivity index (χ3n) is 3.33. The fourth-order valence-corrected chi connectivity index (χ4v) is 2.18. The van der Waals surface area contributed by atoms with Crippen molar-refractivity contribution in [2.75, 3.05) is 13.7 Å². The minimum absolute atomic E-state index is 0.291. The molecule has 6 heteroatoms. The number of benzene rings is 1. The number of rotatable bonds is 7. The lowest BCUT2D eigenvalue weighted by molar-refractivity contribution is -0.143. The fraction of sp³-hybridized carbons (Fsp3) is 0.375. The van der Waals surface area contributed by atoms with E-state index in [0.717, 1.165) is 11.1 Å². The Hall–Kier alpha value is -2.21. The van der Waals surface area contributed by atoms with Crippen molar-refractivity contribution in [3.05, 3.63) is 53.6 Å². The molecule has 0 aliphatic rings. The molecule has 1 atom stereocenters. The zero-order valence-electron chi connectivity index (χ0n) is 12.8. The van der Waals surface area contributed by atoms with Gasteiger partial charge in [0.1, 0.15) is 11.9 Å². The van der Waals surface area contributed by atoms with Crippen LogP contribution in [0.2, 0.25) is 0 Å². The van der Waals surface area contributed by atoms with Gasteiger partial charge in [0.2, 0.25) is 0 Å². The summed E-state index contributed by atoms with van der Waals surface area (Å²) in [6, 6.07) is 5.65. The van der Waals surface area contributed by atoms with Crippen LogP contribution < -0.4 is 5.32 Å². The molecule has 0 radical (unpaired) electrons. The van der Waals surface area contributed by atoms with Crippen LogP contribution in [0, 0.1) is 12.7 Å². The molecule has 1 N–H and O–H groups in total. The van der Waals surface area contributed by atoms with Crippen LogP contribution >= 0.6 is 0 Å². The molecule has 2 rings (SSSR count). The van der Waals surface area contributed by atoms with Crippen LogP contribution in [0.5, 0.6) is 0 Å². The monoisotopic (exact) mass is 305 g/mol. The third-order valence-corrected chi connectivity index (χ3v) is 3.33. The minimum Gasteiger partial charge on any atom is -0.468 e. The number of carbonyl (C=O) groups is 1. The molecule has 0 unspecified atom stereocenters. The van der Waals surface area contributed by atoms with E-state index in [9.17, 15) is 9.18 Å². The Morgan fingerprint density at radius 3 is 2.73 bits per heavy atom.